The predicted octanol–water partition coefficient (Wildman–Crippen LogP) is 3.71. The molecule has 0 saturated carbocycles. The molecule has 0 aliphatic carbocycles. The largest absolute Gasteiger partial charge is 0.378 e. The second-order valence-electron chi connectivity index (χ2n) is 10.6. The highest BCUT2D eigenvalue weighted by molar-refractivity contribution is 7.21. The summed E-state index contributed by atoms with van der Waals surface area (Å²) in [5.74, 6) is -3.26. The van der Waals surface area contributed by atoms with Gasteiger partial charge >= 0.3 is 0 Å². The Kier molecular flexibility index (Phi) is 8.53. The molecular formula is C30H27ClF2N6O5S. The molecule has 15 heteroatoms. The zero-order valence-electron chi connectivity index (χ0n) is 23.7. The van der Waals surface area contributed by atoms with E-state index in [0.29, 0.717) is 52.0 Å². The summed E-state index contributed by atoms with van der Waals surface area (Å²) >= 11 is 7.28. The molecule has 4 amide bonds. The van der Waals surface area contributed by atoms with E-state index in [4.69, 9.17) is 22.1 Å². The monoisotopic (exact) mass is 656 g/mol. The van der Waals surface area contributed by atoms with Crippen LogP contribution in [-0.4, -0.2) is 88.3 Å². The highest BCUT2D eigenvalue weighted by atomic mass is 35.5. The van der Waals surface area contributed by atoms with Gasteiger partial charge in [-0.3, -0.25) is 23.9 Å². The first-order chi connectivity index (χ1) is 21.6. The van der Waals surface area contributed by atoms with Crippen LogP contribution in [0, 0.1) is 5.82 Å². The molecule has 45 heavy (non-hydrogen) atoms. The molecule has 2 fully saturated rings. The number of thiophene rings is 1. The topological polar surface area (TPSA) is 140 Å². The standard InChI is InChI=1S/C30H27ClF2N6O5S/c31-19-6-2-1-4-17(19)18-5-3-7-20(25(18)33)35-29(42)22-12-16(32)14-38(22)24(40)15-39-21-13-23(30(43)37-8-10-44-11-9-37)45-27(21)26(36-39)28(34)41/h1-7,13,16,22H,8-12,14-15H2,(H2,34,41)(H,35,42)/t16-,22+/m1/s1. The van der Waals surface area contributed by atoms with Crippen LogP contribution in [0.25, 0.3) is 21.3 Å². The van der Waals surface area contributed by atoms with E-state index < -0.39 is 42.3 Å². The Labute approximate surface area is 264 Å². The average Bonchev–Trinajstić information content (AvgIpc) is 3.73. The van der Waals surface area contributed by atoms with Gasteiger partial charge in [0.05, 0.1) is 40.5 Å². The Bertz CT molecular complexity index is 1820. The number of aromatic nitrogens is 2. The van der Waals surface area contributed by atoms with Gasteiger partial charge in [-0.25, -0.2) is 8.78 Å². The second-order valence-corrected chi connectivity index (χ2v) is 12.1. The first-order valence-corrected chi connectivity index (χ1v) is 15.3. The number of ether oxygens (including phenoxy) is 1. The zero-order valence-corrected chi connectivity index (χ0v) is 25.2. The molecule has 2 aliphatic rings. The van der Waals surface area contributed by atoms with Crippen LogP contribution < -0.4 is 11.1 Å². The number of benzene rings is 2. The van der Waals surface area contributed by atoms with E-state index in [9.17, 15) is 23.6 Å². The van der Waals surface area contributed by atoms with Crippen molar-refractivity contribution in [3.8, 4) is 11.1 Å². The third-order valence-corrected chi connectivity index (χ3v) is 9.20. The van der Waals surface area contributed by atoms with Gasteiger partial charge in [0.2, 0.25) is 11.8 Å². The molecular weight excluding hydrogens is 630 g/mol. The molecule has 2 aromatic carbocycles. The molecule has 0 spiro atoms. The van der Waals surface area contributed by atoms with Crippen LogP contribution in [0.2, 0.25) is 5.02 Å². The SMILES string of the molecule is NC(=O)c1nn(CC(=O)N2C[C@H](F)C[C@H]2C(=O)Nc2cccc(-c3ccccc3Cl)c2F)c2cc(C(=O)N3CCOCC3)sc12. The molecule has 3 N–H and O–H groups in total. The third-order valence-electron chi connectivity index (χ3n) is 7.75. The molecule has 0 radical (unpaired) electrons. The number of fused-ring (bicyclic) bond motifs is 1. The van der Waals surface area contributed by atoms with Gasteiger partial charge in [-0.15, -0.1) is 11.3 Å². The van der Waals surface area contributed by atoms with Crippen LogP contribution in [0.1, 0.15) is 26.6 Å². The van der Waals surface area contributed by atoms with Crippen LogP contribution in [0.4, 0.5) is 14.5 Å². The summed E-state index contributed by atoms with van der Waals surface area (Å²) in [6, 6.07) is 11.4. The smallest absolute Gasteiger partial charge is 0.270 e. The molecule has 0 unspecified atom stereocenters. The number of carbonyl (C=O) groups is 4. The average molecular weight is 657 g/mol. The van der Waals surface area contributed by atoms with Crippen molar-refractivity contribution in [1.29, 1.82) is 0 Å². The minimum absolute atomic E-state index is 0.114. The van der Waals surface area contributed by atoms with Gasteiger partial charge in [0.1, 0.15) is 18.8 Å². The number of halogens is 3. The number of amides is 4. The lowest BCUT2D eigenvalue weighted by Gasteiger charge is -2.26. The number of likely N-dealkylation sites (tertiary alicyclic amines) is 1. The van der Waals surface area contributed by atoms with Crippen molar-refractivity contribution in [3.05, 3.63) is 69.9 Å². The minimum atomic E-state index is -1.50. The van der Waals surface area contributed by atoms with Gasteiger partial charge in [-0.1, -0.05) is 41.9 Å². The van der Waals surface area contributed by atoms with Crippen molar-refractivity contribution in [3.63, 3.8) is 0 Å². The normalized spacial score (nSPS) is 18.4. The van der Waals surface area contributed by atoms with Crippen LogP contribution >= 0.6 is 22.9 Å². The fourth-order valence-corrected chi connectivity index (χ4v) is 6.88. The van der Waals surface area contributed by atoms with E-state index in [1.54, 1.807) is 35.2 Å². The minimum Gasteiger partial charge on any atom is -0.378 e. The van der Waals surface area contributed by atoms with Gasteiger partial charge in [-0.05, 0) is 18.2 Å². The maximum atomic E-state index is 15.5. The first kappa shape index (κ1) is 30.6. The van der Waals surface area contributed by atoms with Gasteiger partial charge in [-0.2, -0.15) is 5.10 Å². The fourth-order valence-electron chi connectivity index (χ4n) is 5.53. The lowest BCUT2D eigenvalue weighted by Crippen LogP contribution is -2.44. The number of hydrogen-bond donors (Lipinski definition) is 2. The quantitative estimate of drug-likeness (QED) is 0.311. The molecule has 2 saturated heterocycles. The third kappa shape index (κ3) is 6.00. The Morgan fingerprint density at radius 3 is 2.56 bits per heavy atom. The van der Waals surface area contributed by atoms with Gasteiger partial charge in [0.25, 0.3) is 11.8 Å². The molecule has 2 atom stereocenters. The van der Waals surface area contributed by atoms with Crippen molar-refractivity contribution < 1.29 is 32.7 Å². The molecule has 2 aliphatic heterocycles. The van der Waals surface area contributed by atoms with E-state index in [2.05, 4.69) is 10.4 Å². The van der Waals surface area contributed by atoms with Crippen molar-refractivity contribution in [1.82, 2.24) is 19.6 Å². The molecule has 4 aromatic rings. The van der Waals surface area contributed by atoms with Crippen LogP contribution in [0.15, 0.2) is 48.5 Å². The summed E-state index contributed by atoms with van der Waals surface area (Å²) in [6.07, 6.45) is -1.79. The Morgan fingerprint density at radius 2 is 1.82 bits per heavy atom. The second kappa shape index (κ2) is 12.5. The summed E-state index contributed by atoms with van der Waals surface area (Å²) in [5, 5.41) is 7.01. The van der Waals surface area contributed by atoms with E-state index in [-0.39, 0.29) is 35.8 Å². The van der Waals surface area contributed by atoms with Gasteiger partial charge in [0.15, 0.2) is 11.5 Å². The van der Waals surface area contributed by atoms with E-state index in [1.807, 2.05) is 0 Å². The number of nitrogens with zero attached hydrogens (tertiary/aromatic N) is 4. The van der Waals surface area contributed by atoms with Gasteiger partial charge in [0, 0.05) is 35.7 Å². The van der Waals surface area contributed by atoms with Gasteiger partial charge < -0.3 is 25.6 Å². The maximum absolute atomic E-state index is 15.5. The fraction of sp³-hybridized carbons (Fsp3) is 0.300. The summed E-state index contributed by atoms with van der Waals surface area (Å²) < 4.78 is 37.0. The molecule has 6 rings (SSSR count). The van der Waals surface area contributed by atoms with Crippen LogP contribution in [-0.2, 0) is 20.9 Å². The highest BCUT2D eigenvalue weighted by Crippen LogP contribution is 2.34. The number of hydrogen-bond acceptors (Lipinski definition) is 7. The summed E-state index contributed by atoms with van der Waals surface area (Å²) in [4.78, 5) is 55.1. The molecule has 0 bridgehead atoms. The number of carbonyl (C=O) groups excluding carboxylic acids is 4. The Balaban J connectivity index is 1.23. The summed E-state index contributed by atoms with van der Waals surface area (Å²) in [6.45, 7) is 0.819. The summed E-state index contributed by atoms with van der Waals surface area (Å²) in [7, 11) is 0. The van der Waals surface area contributed by atoms with Crippen molar-refractivity contribution in [2.75, 3.05) is 38.2 Å². The van der Waals surface area contributed by atoms with E-state index in [1.165, 1.54) is 22.9 Å². The maximum Gasteiger partial charge on any atom is 0.270 e. The first-order valence-electron chi connectivity index (χ1n) is 14.1. The number of nitrogens with one attached hydrogen (secondary N) is 1. The predicted molar refractivity (Wildman–Crippen MR) is 163 cm³/mol. The number of anilines is 1. The van der Waals surface area contributed by atoms with Crippen LogP contribution in [0.3, 0.4) is 0 Å². The Hall–Kier alpha value is -4.40. The van der Waals surface area contributed by atoms with Crippen LogP contribution in [0.5, 0.6) is 0 Å². The number of alkyl halides is 1. The van der Waals surface area contributed by atoms with Crippen molar-refractivity contribution in [2.45, 2.75) is 25.2 Å². The number of primary amides is 1. The lowest BCUT2D eigenvalue weighted by atomic mass is 10.0. The van der Waals surface area contributed by atoms with E-state index in [0.717, 1.165) is 16.2 Å². The molecule has 234 valence electrons. The molecule has 4 heterocycles. The molecule has 11 nitrogen and oxygen atoms in total. The molecule has 2 aromatic heterocycles. The zero-order chi connectivity index (χ0) is 31.8. The number of morpholine rings is 1. The Morgan fingerprint density at radius 1 is 1.09 bits per heavy atom. The number of nitrogens with two attached hydrogens (primary N) is 1. The van der Waals surface area contributed by atoms with E-state index >= 15 is 4.39 Å². The highest BCUT2D eigenvalue weighted by Gasteiger charge is 2.40. The lowest BCUT2D eigenvalue weighted by molar-refractivity contribution is -0.137. The van der Waals surface area contributed by atoms with Crippen molar-refractivity contribution >= 4 is 62.5 Å². The van der Waals surface area contributed by atoms with Crippen molar-refractivity contribution in [2.24, 2.45) is 5.73 Å². The number of rotatable bonds is 7. The summed E-state index contributed by atoms with van der Waals surface area (Å²) in [5.41, 5.74) is 6.20.